The molecule has 0 fully saturated rings. The first-order valence-electron chi connectivity index (χ1n) is 24.1. The third-order valence-corrected chi connectivity index (χ3v) is 15.3. The van der Waals surface area contributed by atoms with E-state index in [9.17, 15) is 0 Å². The smallest absolute Gasteiger partial charge is 0.0541 e. The minimum absolute atomic E-state index is 0.0744. The maximum Gasteiger partial charge on any atom is 0.0541 e. The quantitative estimate of drug-likeness (QED) is 0.136. The second-order valence-electron chi connectivity index (χ2n) is 19.4. The molecule has 66 heavy (non-hydrogen) atoms. The van der Waals surface area contributed by atoms with Gasteiger partial charge in [-0.2, -0.15) is 0 Å². The van der Waals surface area contributed by atoms with Crippen LogP contribution in [0.2, 0.25) is 0 Å². The second kappa shape index (κ2) is 16.6. The van der Waals surface area contributed by atoms with Crippen LogP contribution < -0.4 is 0 Å². The van der Waals surface area contributed by atoms with Crippen LogP contribution in [0.4, 0.5) is 0 Å². The Kier molecular flexibility index (Phi) is 10.2. The second-order valence-corrected chi connectivity index (χ2v) is 19.4. The van der Waals surface area contributed by atoms with Crippen LogP contribution in [0.1, 0.15) is 96.7 Å². The van der Waals surface area contributed by atoms with Crippen molar-refractivity contribution in [2.75, 3.05) is 0 Å². The van der Waals surface area contributed by atoms with Gasteiger partial charge in [-0.25, -0.2) is 0 Å². The summed E-state index contributed by atoms with van der Waals surface area (Å²) in [7, 11) is 0. The average Bonchev–Trinajstić information content (AvgIpc) is 3.84. The van der Waals surface area contributed by atoms with Gasteiger partial charge in [0, 0.05) is 33.7 Å². The zero-order chi connectivity index (χ0) is 44.2. The molecule has 320 valence electrons. The Labute approximate surface area is 390 Å². The largest absolute Gasteiger partial charge is 0.309 e. The molecule has 2 atom stereocenters. The highest BCUT2D eigenvalue weighted by Gasteiger charge is 2.37. The van der Waals surface area contributed by atoms with E-state index in [0.717, 1.165) is 38.5 Å². The van der Waals surface area contributed by atoms with Crippen molar-refractivity contribution < 1.29 is 0 Å². The van der Waals surface area contributed by atoms with Gasteiger partial charge >= 0.3 is 0 Å². The zero-order valence-corrected chi connectivity index (χ0v) is 38.1. The standard InChI is InChI=1S/C65H55N/c1-65(2)61-22-11-9-20-56(61)59-43-55(37-38-62(59)65)66-63-23-12-10-21-57(63)60-42-54(36-39-64(60)66)53-19-13-18-52(41-53)49-30-34-51(35-31-49)58(40-44-14-5-3-6-15-44)50-32-28-48(29-33-50)47-26-24-46(25-27-47)45-16-7-4-8-17-45/h3-10,12-18,20-21,23-28,30-32,34-39,41-43,53,58H,11,19,22,29,33,40H2,1-2H3/t53?,58-/m1/s1. The fraction of sp³-hybridized carbons (Fsp3) is 0.169. The van der Waals surface area contributed by atoms with Crippen LogP contribution in [0.15, 0.2) is 224 Å². The molecule has 8 aromatic rings. The van der Waals surface area contributed by atoms with Crippen molar-refractivity contribution >= 4 is 38.5 Å². The van der Waals surface area contributed by atoms with Gasteiger partial charge in [-0.1, -0.05) is 207 Å². The van der Waals surface area contributed by atoms with E-state index in [-0.39, 0.29) is 5.41 Å². The summed E-state index contributed by atoms with van der Waals surface area (Å²) in [5.41, 5.74) is 23.2. The molecule has 1 aromatic heterocycles. The van der Waals surface area contributed by atoms with Crippen molar-refractivity contribution in [1.29, 1.82) is 0 Å². The van der Waals surface area contributed by atoms with Crippen LogP contribution in [-0.2, 0) is 11.8 Å². The summed E-state index contributed by atoms with van der Waals surface area (Å²) in [6.45, 7) is 4.81. The molecule has 1 nitrogen and oxygen atoms in total. The summed E-state index contributed by atoms with van der Waals surface area (Å²) in [6.07, 6.45) is 23.1. The van der Waals surface area contributed by atoms with E-state index in [1.54, 1.807) is 5.57 Å². The van der Waals surface area contributed by atoms with Gasteiger partial charge in [0.1, 0.15) is 0 Å². The topological polar surface area (TPSA) is 4.93 Å². The van der Waals surface area contributed by atoms with Crippen LogP contribution in [0.3, 0.4) is 0 Å². The molecular weight excluding hydrogens is 795 g/mol. The first-order valence-corrected chi connectivity index (χ1v) is 24.1. The third kappa shape index (κ3) is 7.19. The fourth-order valence-electron chi connectivity index (χ4n) is 11.7. The van der Waals surface area contributed by atoms with Crippen LogP contribution in [0, 0.1) is 0 Å². The molecule has 0 amide bonds. The maximum absolute atomic E-state index is 2.50. The van der Waals surface area contributed by atoms with Crippen LogP contribution in [-0.4, -0.2) is 4.57 Å². The fourth-order valence-corrected chi connectivity index (χ4v) is 11.7. The van der Waals surface area contributed by atoms with E-state index in [1.165, 1.54) is 99.9 Å². The van der Waals surface area contributed by atoms with Gasteiger partial charge in [0.05, 0.1) is 11.0 Å². The Morgan fingerprint density at radius 3 is 2.12 bits per heavy atom. The van der Waals surface area contributed by atoms with E-state index >= 15 is 0 Å². The Bertz CT molecular complexity index is 3340. The number of rotatable bonds is 9. The van der Waals surface area contributed by atoms with E-state index in [2.05, 4.69) is 231 Å². The lowest BCUT2D eigenvalue weighted by atomic mass is 9.78. The number of fused-ring (bicyclic) bond motifs is 5. The van der Waals surface area contributed by atoms with Crippen LogP contribution in [0.25, 0.3) is 55.3 Å². The Morgan fingerprint density at radius 2 is 1.32 bits per heavy atom. The maximum atomic E-state index is 2.50. The number of nitrogens with zero attached hydrogens (tertiary/aromatic N) is 1. The molecule has 0 radical (unpaired) electrons. The molecule has 7 aromatic carbocycles. The lowest BCUT2D eigenvalue weighted by molar-refractivity contribution is 0.607. The monoisotopic (exact) mass is 849 g/mol. The molecule has 12 rings (SSSR count). The minimum atomic E-state index is 0.0744. The molecule has 0 saturated carbocycles. The zero-order valence-electron chi connectivity index (χ0n) is 38.1. The molecule has 0 bridgehead atoms. The predicted octanol–water partition coefficient (Wildman–Crippen LogP) is 17.1. The third-order valence-electron chi connectivity index (χ3n) is 15.3. The van der Waals surface area contributed by atoms with E-state index < -0.39 is 0 Å². The van der Waals surface area contributed by atoms with Gasteiger partial charge in [-0.3, -0.25) is 0 Å². The van der Waals surface area contributed by atoms with Crippen molar-refractivity contribution in [2.45, 2.75) is 69.6 Å². The summed E-state index contributed by atoms with van der Waals surface area (Å²) in [6, 6.07) is 63.7. The van der Waals surface area contributed by atoms with E-state index in [0.29, 0.717) is 11.8 Å². The molecule has 0 N–H and O–H groups in total. The highest BCUT2D eigenvalue weighted by atomic mass is 15.0. The molecule has 4 aliphatic rings. The number of aromatic nitrogens is 1. The normalized spacial score (nSPS) is 17.9. The van der Waals surface area contributed by atoms with Gasteiger partial charge in [0.15, 0.2) is 0 Å². The lowest BCUT2D eigenvalue weighted by Gasteiger charge is -2.25. The molecule has 4 aliphatic carbocycles. The van der Waals surface area contributed by atoms with Gasteiger partial charge in [-0.05, 0) is 136 Å². The van der Waals surface area contributed by atoms with Gasteiger partial charge in [0.2, 0.25) is 0 Å². The predicted molar refractivity (Wildman–Crippen MR) is 280 cm³/mol. The van der Waals surface area contributed by atoms with Crippen LogP contribution in [0.5, 0.6) is 0 Å². The molecular formula is C65H55N. The summed E-state index contributed by atoms with van der Waals surface area (Å²) in [4.78, 5) is 0. The number of para-hydroxylation sites is 1. The minimum Gasteiger partial charge on any atom is -0.309 e. The molecule has 0 spiro atoms. The van der Waals surface area contributed by atoms with E-state index in [1.807, 2.05) is 0 Å². The number of hydrogen-bond acceptors (Lipinski definition) is 0. The van der Waals surface area contributed by atoms with E-state index in [4.69, 9.17) is 0 Å². The SMILES string of the molecule is CC1(C)C2=C(C=CCC2)c2cc(-n3c4ccccc4c4cc(C5C=C(c6ccc([C@H](Cc7ccccc7)C7=CC=C(c8ccc(-c9ccccc9)cc8)CC7)cc6)C=CC5)ccc43)ccc21. The first-order chi connectivity index (χ1) is 32.5. The van der Waals surface area contributed by atoms with Gasteiger partial charge < -0.3 is 4.57 Å². The number of allylic oxidation sites excluding steroid dienone is 12. The highest BCUT2D eigenvalue weighted by molar-refractivity contribution is 6.09. The Hall–Kier alpha value is -7.22. The van der Waals surface area contributed by atoms with Crippen molar-refractivity contribution in [2.24, 2.45) is 0 Å². The Balaban J connectivity index is 0.829. The highest BCUT2D eigenvalue weighted by Crippen LogP contribution is 2.51. The van der Waals surface area contributed by atoms with Crippen molar-refractivity contribution in [3.8, 4) is 16.8 Å². The Morgan fingerprint density at radius 1 is 0.591 bits per heavy atom. The summed E-state index contributed by atoms with van der Waals surface area (Å²) >= 11 is 0. The average molecular weight is 850 g/mol. The molecule has 0 aliphatic heterocycles. The number of hydrogen-bond donors (Lipinski definition) is 0. The molecule has 0 saturated heterocycles. The summed E-state index contributed by atoms with van der Waals surface area (Å²) in [5.74, 6) is 0.620. The molecule has 1 heteroatoms. The summed E-state index contributed by atoms with van der Waals surface area (Å²) in [5, 5.41) is 2.63. The van der Waals surface area contributed by atoms with Crippen molar-refractivity contribution in [3.63, 3.8) is 0 Å². The van der Waals surface area contributed by atoms with Gasteiger partial charge in [0.25, 0.3) is 0 Å². The molecule has 1 heterocycles. The van der Waals surface area contributed by atoms with Gasteiger partial charge in [-0.15, -0.1) is 0 Å². The number of benzene rings is 7. The van der Waals surface area contributed by atoms with Crippen molar-refractivity contribution in [1.82, 2.24) is 4.57 Å². The lowest BCUT2D eigenvalue weighted by Crippen LogP contribution is -2.17. The van der Waals surface area contributed by atoms with Crippen LogP contribution >= 0.6 is 0 Å². The summed E-state index contributed by atoms with van der Waals surface area (Å²) < 4.78 is 2.49. The molecule has 1 unspecified atom stereocenters. The van der Waals surface area contributed by atoms with Crippen molar-refractivity contribution in [3.05, 3.63) is 262 Å². The first kappa shape index (κ1) is 40.3.